The number of para-hydroxylation sites is 2. The van der Waals surface area contributed by atoms with Crippen molar-refractivity contribution in [3.05, 3.63) is 100 Å². The van der Waals surface area contributed by atoms with Crippen LogP contribution in [0.3, 0.4) is 0 Å². The first-order chi connectivity index (χ1) is 16.2. The number of rotatable bonds is 9. The number of nitrogens with one attached hydrogen (secondary N) is 1. The van der Waals surface area contributed by atoms with Crippen molar-refractivity contribution in [3.8, 4) is 0 Å². The maximum Gasteiger partial charge on any atom is 0.336 e. The fraction of sp³-hybridized carbons (Fsp3) is 0.0455. The lowest BCUT2D eigenvalue weighted by Gasteiger charge is -2.23. The second kappa shape index (κ2) is 10.4. The number of carboxylic acid groups (broad SMARTS) is 1. The van der Waals surface area contributed by atoms with Crippen molar-refractivity contribution >= 4 is 39.5 Å². The monoisotopic (exact) mass is 482 g/mol. The summed E-state index contributed by atoms with van der Waals surface area (Å²) in [7, 11) is -4.52. The number of nitro benzene ring substituents is 1. The van der Waals surface area contributed by atoms with E-state index in [4.69, 9.17) is 0 Å². The summed E-state index contributed by atoms with van der Waals surface area (Å²) in [5.74, 6) is -2.03. The maximum absolute atomic E-state index is 13.3. The highest BCUT2D eigenvalue weighted by molar-refractivity contribution is 7.93. The van der Waals surface area contributed by atoms with Gasteiger partial charge in [0.05, 0.1) is 22.4 Å². The Labute approximate surface area is 194 Å². The van der Waals surface area contributed by atoms with E-state index in [9.17, 15) is 33.2 Å². The smallest absolute Gasteiger partial charge is 0.336 e. The van der Waals surface area contributed by atoms with Gasteiger partial charge >= 0.3 is 5.97 Å². The van der Waals surface area contributed by atoms with Crippen molar-refractivity contribution in [2.45, 2.75) is 4.90 Å². The molecule has 0 fully saturated rings. The van der Waals surface area contributed by atoms with Crippen LogP contribution < -0.4 is 9.73 Å². The molecule has 0 radical (unpaired) electrons. The average molecular weight is 482 g/mol. The van der Waals surface area contributed by atoms with Crippen LogP contribution in [0.2, 0.25) is 0 Å². The molecule has 0 unspecified atom stereocenters. The molecule has 0 aromatic heterocycles. The first-order valence-electron chi connectivity index (χ1n) is 9.67. The number of carboxylic acids is 1. The molecule has 2 N–H and O–H groups in total. The summed E-state index contributed by atoms with van der Waals surface area (Å²) in [6, 6.07) is 18.4. The molecule has 0 aliphatic heterocycles. The van der Waals surface area contributed by atoms with E-state index in [0.29, 0.717) is 0 Å². The van der Waals surface area contributed by atoms with E-state index in [1.54, 1.807) is 24.3 Å². The number of nitrogens with zero attached hydrogens (tertiary/aromatic N) is 3. The number of amides is 1. The molecule has 0 heterocycles. The van der Waals surface area contributed by atoms with Crippen molar-refractivity contribution in [1.29, 1.82) is 0 Å². The number of benzene rings is 3. The molecule has 0 aliphatic rings. The third-order valence-corrected chi connectivity index (χ3v) is 6.37. The summed E-state index contributed by atoms with van der Waals surface area (Å²) in [4.78, 5) is 33.8. The number of carbonyl (C=O) groups is 2. The van der Waals surface area contributed by atoms with Crippen molar-refractivity contribution in [2.75, 3.05) is 10.8 Å². The van der Waals surface area contributed by atoms with Gasteiger partial charge in [0.2, 0.25) is 0 Å². The van der Waals surface area contributed by atoms with Crippen LogP contribution in [0, 0.1) is 10.1 Å². The van der Waals surface area contributed by atoms with Crippen molar-refractivity contribution < 1.29 is 28.0 Å². The summed E-state index contributed by atoms with van der Waals surface area (Å²) in [6.45, 7) is -0.740. The Morgan fingerprint density at radius 3 is 2.29 bits per heavy atom. The summed E-state index contributed by atoms with van der Waals surface area (Å²) in [6.07, 6.45) is 1.12. The molecule has 0 saturated heterocycles. The number of anilines is 1. The minimum atomic E-state index is -4.52. The topological polar surface area (TPSA) is 159 Å². The first kappa shape index (κ1) is 24.1. The third-order valence-electron chi connectivity index (χ3n) is 4.55. The standard InChI is InChI=1S/C22H18N4O7S/c27-21(24-23-14-16-8-4-5-11-18(16)22(28)29)15-25(17-9-2-1-3-10-17)34(32,33)20-13-7-6-12-19(20)26(30)31/h1-14H,15H2,(H,24,27)(H,28,29)/b23-14-. The Morgan fingerprint density at radius 2 is 1.62 bits per heavy atom. The molecule has 0 atom stereocenters. The Morgan fingerprint density at radius 1 is 1.00 bits per heavy atom. The molecule has 3 aromatic carbocycles. The van der Waals surface area contributed by atoms with Gasteiger partial charge in [0, 0.05) is 11.6 Å². The number of aromatic carboxylic acids is 1. The molecule has 0 aliphatic carbocycles. The highest BCUT2D eigenvalue weighted by Crippen LogP contribution is 2.29. The first-order valence-corrected chi connectivity index (χ1v) is 11.1. The number of hydrogen-bond acceptors (Lipinski definition) is 7. The number of hydrazone groups is 1. The Bertz CT molecular complexity index is 1360. The van der Waals surface area contributed by atoms with E-state index in [-0.39, 0.29) is 16.8 Å². The lowest BCUT2D eigenvalue weighted by molar-refractivity contribution is -0.387. The summed E-state index contributed by atoms with van der Waals surface area (Å²) >= 11 is 0. The SMILES string of the molecule is O=C(CN(c1ccccc1)S(=O)(=O)c1ccccc1[N+](=O)[O-])N/N=C\c1ccccc1C(=O)O. The molecule has 3 rings (SSSR count). The molecule has 0 saturated carbocycles. The largest absolute Gasteiger partial charge is 0.478 e. The molecule has 174 valence electrons. The second-order valence-corrected chi connectivity index (χ2v) is 8.59. The van der Waals surface area contributed by atoms with Crippen LogP contribution in [0.15, 0.2) is 88.9 Å². The predicted molar refractivity (Wildman–Crippen MR) is 123 cm³/mol. The lowest BCUT2D eigenvalue weighted by Crippen LogP contribution is -2.39. The quantitative estimate of drug-likeness (QED) is 0.269. The van der Waals surface area contributed by atoms with Gasteiger partial charge in [0.1, 0.15) is 6.54 Å². The molecular formula is C22H18N4O7S. The lowest BCUT2D eigenvalue weighted by atomic mass is 10.1. The van der Waals surface area contributed by atoms with Crippen LogP contribution in [0.4, 0.5) is 11.4 Å². The second-order valence-electron chi connectivity index (χ2n) is 6.76. The van der Waals surface area contributed by atoms with Gasteiger partial charge in [-0.15, -0.1) is 0 Å². The summed E-state index contributed by atoms with van der Waals surface area (Å²) in [5, 5.41) is 24.3. The van der Waals surface area contributed by atoms with E-state index < -0.39 is 44.0 Å². The van der Waals surface area contributed by atoms with Gasteiger partial charge in [0.15, 0.2) is 4.90 Å². The molecule has 0 spiro atoms. The molecule has 3 aromatic rings. The minimum Gasteiger partial charge on any atom is -0.478 e. The summed E-state index contributed by atoms with van der Waals surface area (Å²) < 4.78 is 27.4. The molecule has 0 bridgehead atoms. The van der Waals surface area contributed by atoms with Crippen LogP contribution in [0.1, 0.15) is 15.9 Å². The van der Waals surface area contributed by atoms with E-state index in [1.807, 2.05) is 0 Å². The van der Waals surface area contributed by atoms with Gasteiger partial charge in [-0.2, -0.15) is 5.10 Å². The van der Waals surface area contributed by atoms with E-state index >= 15 is 0 Å². The Balaban J connectivity index is 1.89. The number of hydrogen-bond donors (Lipinski definition) is 2. The summed E-state index contributed by atoms with van der Waals surface area (Å²) in [5.41, 5.74) is 1.82. The molecular weight excluding hydrogens is 464 g/mol. The fourth-order valence-electron chi connectivity index (χ4n) is 3.00. The van der Waals surface area contributed by atoms with Crippen LogP contribution in [0.25, 0.3) is 0 Å². The molecule has 11 nitrogen and oxygen atoms in total. The van der Waals surface area contributed by atoms with E-state index in [0.717, 1.165) is 22.7 Å². The third kappa shape index (κ3) is 5.42. The van der Waals surface area contributed by atoms with Gasteiger partial charge in [-0.3, -0.25) is 19.2 Å². The van der Waals surface area contributed by atoms with Gasteiger partial charge in [-0.1, -0.05) is 48.5 Å². The van der Waals surface area contributed by atoms with Crippen molar-refractivity contribution in [3.63, 3.8) is 0 Å². The fourth-order valence-corrected chi connectivity index (χ4v) is 4.58. The molecule has 34 heavy (non-hydrogen) atoms. The number of nitro groups is 1. The van der Waals surface area contributed by atoms with Crippen molar-refractivity contribution in [2.24, 2.45) is 5.10 Å². The van der Waals surface area contributed by atoms with Crippen LogP contribution >= 0.6 is 0 Å². The van der Waals surface area contributed by atoms with Gasteiger partial charge in [-0.05, 0) is 24.3 Å². The molecule has 12 heteroatoms. The van der Waals surface area contributed by atoms with Crippen LogP contribution in [-0.4, -0.2) is 43.1 Å². The van der Waals surface area contributed by atoms with Crippen LogP contribution in [0.5, 0.6) is 0 Å². The van der Waals surface area contributed by atoms with Crippen molar-refractivity contribution in [1.82, 2.24) is 5.43 Å². The zero-order chi connectivity index (χ0) is 24.7. The van der Waals surface area contributed by atoms with E-state index in [2.05, 4.69) is 10.5 Å². The highest BCUT2D eigenvalue weighted by atomic mass is 32.2. The van der Waals surface area contributed by atoms with E-state index in [1.165, 1.54) is 42.5 Å². The van der Waals surface area contributed by atoms with Crippen LogP contribution in [-0.2, 0) is 14.8 Å². The van der Waals surface area contributed by atoms with Gasteiger partial charge < -0.3 is 5.11 Å². The number of sulfonamides is 1. The Kier molecular flexibility index (Phi) is 7.33. The minimum absolute atomic E-state index is 0.0367. The number of carbonyl (C=O) groups excluding carboxylic acids is 1. The normalized spacial score (nSPS) is 11.2. The average Bonchev–Trinajstić information content (AvgIpc) is 2.83. The predicted octanol–water partition coefficient (Wildman–Crippen LogP) is 2.64. The highest BCUT2D eigenvalue weighted by Gasteiger charge is 2.33. The Hall–Kier alpha value is -4.58. The molecule has 1 amide bonds. The van der Waals surface area contributed by atoms with Gasteiger partial charge in [-0.25, -0.2) is 18.6 Å². The zero-order valence-corrected chi connectivity index (χ0v) is 18.3. The van der Waals surface area contributed by atoms with Gasteiger partial charge in [0.25, 0.3) is 21.6 Å². The maximum atomic E-state index is 13.3. The zero-order valence-electron chi connectivity index (χ0n) is 17.4.